The molecule has 1 aromatic carbocycles. The van der Waals surface area contributed by atoms with Gasteiger partial charge in [0.2, 0.25) is 5.91 Å². The Morgan fingerprint density at radius 2 is 2.04 bits per heavy atom. The van der Waals surface area contributed by atoms with Gasteiger partial charge in [-0.05, 0) is 13.3 Å². The molecule has 0 bridgehead atoms. The minimum Gasteiger partial charge on any atom is -0.301 e. The predicted octanol–water partition coefficient (Wildman–Crippen LogP) is 3.89. The first-order valence-electron chi connectivity index (χ1n) is 8.59. The van der Waals surface area contributed by atoms with E-state index >= 15 is 0 Å². The molecule has 0 aliphatic carbocycles. The number of nitrogens with zero attached hydrogens (tertiary/aromatic N) is 2. The molecule has 1 amide bonds. The van der Waals surface area contributed by atoms with Gasteiger partial charge in [-0.15, -0.1) is 11.3 Å². The van der Waals surface area contributed by atoms with Gasteiger partial charge in [0, 0.05) is 22.7 Å². The van der Waals surface area contributed by atoms with E-state index in [0.717, 1.165) is 29.8 Å². The number of thioether (sulfide) groups is 1. The quantitative estimate of drug-likeness (QED) is 0.464. The zero-order valence-electron chi connectivity index (χ0n) is 15.1. The number of rotatable bonds is 7. The maximum atomic E-state index is 12.2. The Bertz CT molecular complexity index is 980. The first kappa shape index (κ1) is 19.3. The van der Waals surface area contributed by atoms with Crippen molar-refractivity contribution in [3.63, 3.8) is 0 Å². The van der Waals surface area contributed by atoms with Crippen LogP contribution in [0.15, 0.2) is 45.7 Å². The molecule has 0 aliphatic heterocycles. The molecule has 0 fully saturated rings. The lowest BCUT2D eigenvalue weighted by Gasteiger charge is -2.03. The summed E-state index contributed by atoms with van der Waals surface area (Å²) in [7, 11) is 0. The smallest absolute Gasteiger partial charge is 0.251 e. The van der Waals surface area contributed by atoms with Gasteiger partial charge >= 0.3 is 0 Å². The highest BCUT2D eigenvalue weighted by Crippen LogP contribution is 2.25. The molecule has 0 saturated carbocycles. The SMILES string of the molecule is CCCc1cc(=O)[nH]c(SCC(=O)Nc2nc(-c3ccc(C)cc3)cs2)n1. The normalized spacial score (nSPS) is 10.7. The molecule has 2 aromatic heterocycles. The zero-order chi connectivity index (χ0) is 19.2. The topological polar surface area (TPSA) is 87.7 Å². The minimum absolute atomic E-state index is 0.151. The molecule has 0 saturated heterocycles. The zero-order valence-corrected chi connectivity index (χ0v) is 16.7. The largest absolute Gasteiger partial charge is 0.301 e. The van der Waals surface area contributed by atoms with Crippen molar-refractivity contribution in [3.05, 3.63) is 57.3 Å². The van der Waals surface area contributed by atoms with E-state index in [1.165, 1.54) is 34.7 Å². The molecular weight excluding hydrogens is 380 g/mol. The molecule has 3 rings (SSSR count). The van der Waals surface area contributed by atoms with E-state index in [0.29, 0.717) is 10.3 Å². The number of aromatic nitrogens is 3. The fraction of sp³-hybridized carbons (Fsp3) is 0.263. The maximum Gasteiger partial charge on any atom is 0.251 e. The van der Waals surface area contributed by atoms with Crippen LogP contribution in [0, 0.1) is 6.92 Å². The van der Waals surface area contributed by atoms with Gasteiger partial charge in [-0.25, -0.2) is 9.97 Å². The average Bonchev–Trinajstić information content (AvgIpc) is 3.09. The van der Waals surface area contributed by atoms with Crippen molar-refractivity contribution in [3.8, 4) is 11.3 Å². The maximum absolute atomic E-state index is 12.2. The fourth-order valence-electron chi connectivity index (χ4n) is 2.41. The number of anilines is 1. The summed E-state index contributed by atoms with van der Waals surface area (Å²) in [4.78, 5) is 35.3. The van der Waals surface area contributed by atoms with Crippen molar-refractivity contribution >= 4 is 34.1 Å². The molecule has 2 heterocycles. The third-order valence-electron chi connectivity index (χ3n) is 3.72. The number of carbonyl (C=O) groups excluding carboxylic acids is 1. The summed E-state index contributed by atoms with van der Waals surface area (Å²) in [5.74, 6) is -0.0360. The number of H-pyrrole nitrogens is 1. The number of thiazole rings is 1. The third-order valence-corrected chi connectivity index (χ3v) is 5.35. The van der Waals surface area contributed by atoms with E-state index in [-0.39, 0.29) is 17.2 Å². The summed E-state index contributed by atoms with van der Waals surface area (Å²) in [6.45, 7) is 4.07. The van der Waals surface area contributed by atoms with E-state index in [1.54, 1.807) is 0 Å². The highest BCUT2D eigenvalue weighted by Gasteiger charge is 2.10. The van der Waals surface area contributed by atoms with E-state index in [4.69, 9.17) is 0 Å². The molecule has 0 atom stereocenters. The highest BCUT2D eigenvalue weighted by molar-refractivity contribution is 7.99. The Balaban J connectivity index is 1.58. The summed E-state index contributed by atoms with van der Waals surface area (Å²) in [5, 5.41) is 5.73. The van der Waals surface area contributed by atoms with Crippen molar-refractivity contribution < 1.29 is 4.79 Å². The molecular formula is C19H20N4O2S2. The van der Waals surface area contributed by atoms with Gasteiger partial charge < -0.3 is 10.3 Å². The molecule has 8 heteroatoms. The Hall–Kier alpha value is -2.45. The van der Waals surface area contributed by atoms with Gasteiger partial charge in [0.15, 0.2) is 10.3 Å². The number of nitrogens with one attached hydrogen (secondary N) is 2. The first-order chi connectivity index (χ1) is 13.0. The number of aryl methyl sites for hydroxylation is 2. The van der Waals surface area contributed by atoms with Gasteiger partial charge in [0.05, 0.1) is 11.4 Å². The van der Waals surface area contributed by atoms with Gasteiger partial charge in [-0.3, -0.25) is 9.59 Å². The van der Waals surface area contributed by atoms with Crippen molar-refractivity contribution in [2.24, 2.45) is 0 Å². The lowest BCUT2D eigenvalue weighted by molar-refractivity contribution is -0.113. The Kier molecular flexibility index (Phi) is 6.41. The van der Waals surface area contributed by atoms with Crippen molar-refractivity contribution in [1.82, 2.24) is 15.0 Å². The van der Waals surface area contributed by atoms with Crippen LogP contribution in [-0.2, 0) is 11.2 Å². The second-order valence-corrected chi connectivity index (χ2v) is 7.85. The van der Waals surface area contributed by atoms with Gasteiger partial charge in [-0.2, -0.15) is 0 Å². The van der Waals surface area contributed by atoms with Crippen LogP contribution in [0.1, 0.15) is 24.6 Å². The molecule has 0 radical (unpaired) electrons. The van der Waals surface area contributed by atoms with E-state index in [2.05, 4.69) is 20.3 Å². The second-order valence-electron chi connectivity index (χ2n) is 6.03. The fourth-order valence-corrected chi connectivity index (χ4v) is 3.84. The lowest BCUT2D eigenvalue weighted by atomic mass is 10.1. The van der Waals surface area contributed by atoms with Gasteiger partial charge in [0.25, 0.3) is 5.56 Å². The molecule has 140 valence electrons. The summed E-state index contributed by atoms with van der Waals surface area (Å²) < 4.78 is 0. The third kappa shape index (κ3) is 5.51. The minimum atomic E-state index is -0.195. The van der Waals surface area contributed by atoms with Crippen LogP contribution < -0.4 is 10.9 Å². The summed E-state index contributed by atoms with van der Waals surface area (Å²) in [5.41, 5.74) is 3.59. The molecule has 6 nitrogen and oxygen atoms in total. The van der Waals surface area contributed by atoms with Crippen LogP contribution in [0.3, 0.4) is 0 Å². The van der Waals surface area contributed by atoms with Crippen molar-refractivity contribution in [2.75, 3.05) is 11.1 Å². The van der Waals surface area contributed by atoms with E-state index in [9.17, 15) is 9.59 Å². The monoisotopic (exact) mass is 400 g/mol. The van der Waals surface area contributed by atoms with Crippen LogP contribution in [0.5, 0.6) is 0 Å². The molecule has 0 unspecified atom stereocenters. The molecule has 2 N–H and O–H groups in total. The summed E-state index contributed by atoms with van der Waals surface area (Å²) >= 11 is 2.59. The average molecular weight is 401 g/mol. The predicted molar refractivity (Wildman–Crippen MR) is 110 cm³/mol. The van der Waals surface area contributed by atoms with Crippen LogP contribution in [0.4, 0.5) is 5.13 Å². The Morgan fingerprint density at radius 1 is 1.26 bits per heavy atom. The standard InChI is InChI=1S/C19H20N4O2S2/c1-3-4-14-9-16(24)22-18(20-14)27-11-17(25)23-19-21-15(10-26-19)13-7-5-12(2)6-8-13/h5-10H,3-4,11H2,1-2H3,(H,20,22,24)(H,21,23,25). The number of carbonyl (C=O) groups is 1. The Morgan fingerprint density at radius 3 is 2.78 bits per heavy atom. The second kappa shape index (κ2) is 8.96. The van der Waals surface area contributed by atoms with Crippen LogP contribution in [0.25, 0.3) is 11.3 Å². The van der Waals surface area contributed by atoms with Crippen molar-refractivity contribution in [1.29, 1.82) is 0 Å². The molecule has 3 aromatic rings. The number of aromatic amines is 1. The van der Waals surface area contributed by atoms with Crippen LogP contribution in [0.2, 0.25) is 0 Å². The summed E-state index contributed by atoms with van der Waals surface area (Å²) in [6.07, 6.45) is 1.65. The van der Waals surface area contributed by atoms with Crippen LogP contribution in [-0.4, -0.2) is 26.6 Å². The number of hydrogen-bond acceptors (Lipinski definition) is 6. The van der Waals surface area contributed by atoms with Gasteiger partial charge in [0.1, 0.15) is 0 Å². The van der Waals surface area contributed by atoms with E-state index in [1.807, 2.05) is 43.5 Å². The molecule has 0 spiro atoms. The lowest BCUT2D eigenvalue weighted by Crippen LogP contribution is -2.15. The van der Waals surface area contributed by atoms with Gasteiger partial charge in [-0.1, -0.05) is 54.9 Å². The van der Waals surface area contributed by atoms with E-state index < -0.39 is 0 Å². The molecule has 27 heavy (non-hydrogen) atoms. The molecule has 0 aliphatic rings. The number of benzene rings is 1. The Labute approximate surface area is 165 Å². The van der Waals surface area contributed by atoms with Crippen molar-refractivity contribution in [2.45, 2.75) is 31.8 Å². The summed E-state index contributed by atoms with van der Waals surface area (Å²) in [6, 6.07) is 9.58. The van der Waals surface area contributed by atoms with Crippen LogP contribution >= 0.6 is 23.1 Å². The highest BCUT2D eigenvalue weighted by atomic mass is 32.2. The number of hydrogen-bond donors (Lipinski definition) is 2. The first-order valence-corrected chi connectivity index (χ1v) is 10.5. The number of amides is 1.